The van der Waals surface area contributed by atoms with Crippen molar-refractivity contribution in [3.8, 4) is 5.75 Å². The van der Waals surface area contributed by atoms with Crippen molar-refractivity contribution in [3.63, 3.8) is 0 Å². The van der Waals surface area contributed by atoms with Crippen LogP contribution in [0.3, 0.4) is 0 Å². The molecule has 18 heavy (non-hydrogen) atoms. The summed E-state index contributed by atoms with van der Waals surface area (Å²) in [7, 11) is 0. The fourth-order valence-corrected chi connectivity index (χ4v) is 2.38. The molecule has 0 amide bonds. The summed E-state index contributed by atoms with van der Waals surface area (Å²) in [6.07, 6.45) is 1.89. The number of rotatable bonds is 5. The van der Waals surface area contributed by atoms with E-state index in [0.29, 0.717) is 16.3 Å². The van der Waals surface area contributed by atoms with Crippen molar-refractivity contribution in [2.45, 2.75) is 31.9 Å². The minimum atomic E-state index is -0.416. The first kappa shape index (κ1) is 13.3. The predicted octanol–water partition coefficient (Wildman–Crippen LogP) is 2.88. The lowest BCUT2D eigenvalue weighted by atomic mass is 9.89. The summed E-state index contributed by atoms with van der Waals surface area (Å²) < 4.78 is 6.35. The SMILES string of the molecule is CCNC1CC(Oc2ccc(Br)cc2[N+](=O)[O-])C1. The standard InChI is InChI=1S/C12H15BrN2O3/c1-2-14-9-6-10(7-9)18-12-4-3-8(13)5-11(12)15(16)17/h3-5,9-10,14H,2,6-7H2,1H3. The van der Waals surface area contributed by atoms with Crippen LogP contribution in [0.15, 0.2) is 22.7 Å². The molecule has 5 nitrogen and oxygen atoms in total. The molecule has 0 heterocycles. The number of nitro benzene ring substituents is 1. The summed E-state index contributed by atoms with van der Waals surface area (Å²) in [4.78, 5) is 10.5. The van der Waals surface area contributed by atoms with Crippen molar-refractivity contribution >= 4 is 21.6 Å². The maximum absolute atomic E-state index is 10.9. The van der Waals surface area contributed by atoms with E-state index in [-0.39, 0.29) is 11.8 Å². The van der Waals surface area contributed by atoms with Crippen LogP contribution in [0.25, 0.3) is 0 Å². The number of nitro groups is 1. The second-order valence-corrected chi connectivity index (χ2v) is 5.25. The van der Waals surface area contributed by atoms with Crippen LogP contribution in [0.2, 0.25) is 0 Å². The van der Waals surface area contributed by atoms with Crippen LogP contribution in [0, 0.1) is 10.1 Å². The van der Waals surface area contributed by atoms with Crippen LogP contribution >= 0.6 is 15.9 Å². The zero-order valence-corrected chi connectivity index (χ0v) is 11.6. The Morgan fingerprint density at radius 1 is 1.56 bits per heavy atom. The molecule has 2 rings (SSSR count). The second-order valence-electron chi connectivity index (χ2n) is 4.34. The number of nitrogens with zero attached hydrogens (tertiary/aromatic N) is 1. The third-order valence-corrected chi connectivity index (χ3v) is 3.49. The van der Waals surface area contributed by atoms with Gasteiger partial charge in [0.05, 0.1) is 4.92 Å². The van der Waals surface area contributed by atoms with E-state index in [4.69, 9.17) is 4.74 Å². The molecule has 0 atom stereocenters. The fourth-order valence-electron chi connectivity index (χ4n) is 2.03. The number of halogens is 1. The van der Waals surface area contributed by atoms with Crippen LogP contribution < -0.4 is 10.1 Å². The predicted molar refractivity (Wildman–Crippen MR) is 71.9 cm³/mol. The van der Waals surface area contributed by atoms with Crippen LogP contribution in [-0.4, -0.2) is 23.6 Å². The molecule has 98 valence electrons. The molecular formula is C12H15BrN2O3. The van der Waals surface area contributed by atoms with Gasteiger partial charge in [0.25, 0.3) is 0 Å². The van der Waals surface area contributed by atoms with Crippen molar-refractivity contribution in [1.29, 1.82) is 0 Å². The van der Waals surface area contributed by atoms with Gasteiger partial charge in [-0.2, -0.15) is 0 Å². The quantitative estimate of drug-likeness (QED) is 0.670. The Morgan fingerprint density at radius 2 is 2.28 bits per heavy atom. The fraction of sp³-hybridized carbons (Fsp3) is 0.500. The Balaban J connectivity index is 2.00. The molecule has 0 spiro atoms. The lowest BCUT2D eigenvalue weighted by molar-refractivity contribution is -0.386. The molecule has 0 saturated heterocycles. The van der Waals surface area contributed by atoms with E-state index < -0.39 is 4.92 Å². The average molecular weight is 315 g/mol. The number of hydrogen-bond acceptors (Lipinski definition) is 4. The number of nitrogens with one attached hydrogen (secondary N) is 1. The summed E-state index contributed by atoms with van der Waals surface area (Å²) in [6.45, 7) is 3.00. The molecule has 6 heteroatoms. The van der Waals surface area contributed by atoms with Gasteiger partial charge in [-0.3, -0.25) is 10.1 Å². The molecule has 1 saturated carbocycles. The first-order chi connectivity index (χ1) is 8.60. The number of hydrogen-bond donors (Lipinski definition) is 1. The molecule has 1 aliphatic rings. The van der Waals surface area contributed by atoms with Gasteiger partial charge in [-0.15, -0.1) is 0 Å². The van der Waals surface area contributed by atoms with Crippen LogP contribution in [0.1, 0.15) is 19.8 Å². The highest BCUT2D eigenvalue weighted by Crippen LogP contribution is 2.34. The summed E-state index contributed by atoms with van der Waals surface area (Å²) in [6, 6.07) is 5.34. The van der Waals surface area contributed by atoms with Crippen molar-refractivity contribution in [1.82, 2.24) is 5.32 Å². The van der Waals surface area contributed by atoms with Crippen LogP contribution in [-0.2, 0) is 0 Å². The highest BCUT2D eigenvalue weighted by Gasteiger charge is 2.31. The Kier molecular flexibility index (Phi) is 4.19. The minimum absolute atomic E-state index is 0.0104. The Labute approximate surface area is 114 Å². The van der Waals surface area contributed by atoms with Crippen LogP contribution in [0.4, 0.5) is 5.69 Å². The van der Waals surface area contributed by atoms with E-state index in [1.807, 2.05) is 0 Å². The van der Waals surface area contributed by atoms with Crippen molar-refractivity contribution in [2.24, 2.45) is 0 Å². The normalized spacial score (nSPS) is 22.3. The topological polar surface area (TPSA) is 64.4 Å². The van der Waals surface area contributed by atoms with Gasteiger partial charge >= 0.3 is 5.69 Å². The van der Waals surface area contributed by atoms with Crippen molar-refractivity contribution < 1.29 is 9.66 Å². The molecule has 1 aromatic rings. The van der Waals surface area contributed by atoms with E-state index in [0.717, 1.165) is 19.4 Å². The third-order valence-electron chi connectivity index (χ3n) is 3.00. The molecule has 0 bridgehead atoms. The smallest absolute Gasteiger partial charge is 0.312 e. The maximum Gasteiger partial charge on any atom is 0.312 e. The summed E-state index contributed by atoms with van der Waals surface area (Å²) in [5.74, 6) is 0.350. The van der Waals surface area contributed by atoms with E-state index >= 15 is 0 Å². The largest absolute Gasteiger partial charge is 0.483 e. The van der Waals surface area contributed by atoms with Crippen molar-refractivity contribution in [3.05, 3.63) is 32.8 Å². The molecule has 0 unspecified atom stereocenters. The summed E-state index contributed by atoms with van der Waals surface area (Å²) in [5, 5.41) is 14.2. The Morgan fingerprint density at radius 3 is 2.89 bits per heavy atom. The van der Waals surface area contributed by atoms with Crippen molar-refractivity contribution in [2.75, 3.05) is 6.54 Å². The highest BCUT2D eigenvalue weighted by atomic mass is 79.9. The molecular weight excluding hydrogens is 300 g/mol. The van der Waals surface area contributed by atoms with Crippen LogP contribution in [0.5, 0.6) is 5.75 Å². The lowest BCUT2D eigenvalue weighted by Gasteiger charge is -2.35. The number of benzene rings is 1. The van der Waals surface area contributed by atoms with Gasteiger partial charge in [0, 0.05) is 16.6 Å². The highest BCUT2D eigenvalue weighted by molar-refractivity contribution is 9.10. The zero-order valence-electron chi connectivity index (χ0n) is 10.1. The monoisotopic (exact) mass is 314 g/mol. The van der Waals surface area contributed by atoms with Gasteiger partial charge in [-0.25, -0.2) is 0 Å². The van der Waals surface area contributed by atoms with E-state index in [9.17, 15) is 10.1 Å². The molecule has 1 aromatic carbocycles. The molecule has 1 aliphatic carbocycles. The minimum Gasteiger partial charge on any atom is -0.483 e. The van der Waals surface area contributed by atoms with Gasteiger partial charge < -0.3 is 10.1 Å². The first-order valence-electron chi connectivity index (χ1n) is 5.94. The lowest BCUT2D eigenvalue weighted by Crippen LogP contribution is -2.46. The van der Waals surface area contributed by atoms with E-state index in [2.05, 4.69) is 28.2 Å². The van der Waals surface area contributed by atoms with Gasteiger partial charge in [-0.1, -0.05) is 22.9 Å². The van der Waals surface area contributed by atoms with E-state index in [1.54, 1.807) is 12.1 Å². The summed E-state index contributed by atoms with van der Waals surface area (Å²) in [5.41, 5.74) is 0.0104. The third kappa shape index (κ3) is 3.00. The Hall–Kier alpha value is -1.14. The zero-order chi connectivity index (χ0) is 13.1. The molecule has 0 aliphatic heterocycles. The number of ether oxygens (including phenoxy) is 1. The van der Waals surface area contributed by atoms with Gasteiger partial charge in [0.15, 0.2) is 5.75 Å². The first-order valence-corrected chi connectivity index (χ1v) is 6.73. The average Bonchev–Trinajstić information content (AvgIpc) is 2.28. The van der Waals surface area contributed by atoms with E-state index in [1.165, 1.54) is 6.07 Å². The molecule has 0 aromatic heterocycles. The molecule has 1 N–H and O–H groups in total. The maximum atomic E-state index is 10.9. The van der Waals surface area contributed by atoms with Gasteiger partial charge in [0.1, 0.15) is 6.10 Å². The Bertz CT molecular complexity index is 447. The molecule has 0 radical (unpaired) electrons. The second kappa shape index (κ2) is 5.67. The molecule has 1 fully saturated rings. The van der Waals surface area contributed by atoms with Gasteiger partial charge in [-0.05, 0) is 31.5 Å². The summed E-state index contributed by atoms with van der Waals surface area (Å²) >= 11 is 3.22. The van der Waals surface area contributed by atoms with Gasteiger partial charge in [0.2, 0.25) is 0 Å².